The highest BCUT2D eigenvalue weighted by Crippen LogP contribution is 2.47. The molecule has 0 spiro atoms. The number of amides is 5. The molecule has 3 aliphatic heterocycles. The first kappa shape index (κ1) is 87.3. The van der Waals surface area contributed by atoms with Gasteiger partial charge in [0, 0.05) is 38.9 Å². The standard InChI is InChI=1S/C22H15BrCl2F4N2O5.C21H15BrCl2F4N2O4.C14H13BrN2O4.C8H2Cl2F4O/c1-10-4-11(2-3-13(10)20(34)31(9-32)18-7-17(23)30-36-18)16(33)8-21(35,22(27,28)29)12-5-14(24)19(26)15(25)6-12;1-9-4-10(2-3-12(9)19(32)29-17-7-16(22)30-34-17)15(31)8-20(33,21(26,27)28)11-5-13(23)18(25)14(24)6-11;1-8-5-10(9(2)19)3-4-11(8)14(20)17(7-18)13-6-12(15)16-21-13;9-4-1-3(2-5(10)6(4)11)7(15)8(12,13)14/h2-6,9,18,35H,7-8H2,1H3;2-6,17,33H,7-8H2,1H3,(H,29,32);3-5,7,13H,6H2,1-2H3;1-2H. The first-order valence-corrected chi connectivity index (χ1v) is 33.8. The Kier molecular flexibility index (Phi) is 29.4. The minimum absolute atomic E-state index is 0.0200. The molecule has 3 heterocycles. The number of hydrogen-bond donors (Lipinski definition) is 3. The predicted molar refractivity (Wildman–Crippen MR) is 370 cm³/mol. The number of carbonyl (C=O) groups excluding carboxylic acids is 9. The molecular formula is C65H45Br3Cl6F12N6O14. The molecule has 0 aliphatic carbocycles. The van der Waals surface area contributed by atoms with Crippen LogP contribution in [-0.2, 0) is 35.3 Å². The van der Waals surface area contributed by atoms with Gasteiger partial charge in [-0.05, 0) is 176 Å². The highest BCUT2D eigenvalue weighted by atomic mass is 79.9. The number of imide groups is 2. The smallest absolute Gasteiger partial charge is 0.376 e. The van der Waals surface area contributed by atoms with Gasteiger partial charge in [-0.2, -0.15) is 39.5 Å². The molecule has 0 fully saturated rings. The Balaban J connectivity index is 0.000000233. The summed E-state index contributed by atoms with van der Waals surface area (Å²) < 4.78 is 161. The number of ketones is 4. The molecule has 0 saturated heterocycles. The Labute approximate surface area is 645 Å². The SMILES string of the molecule is CC(=O)c1ccc(C(=O)N(C=O)C2CC(Br)=NO2)c(C)c1.Cc1cc(C(=O)CC(O)(c2cc(Cl)c(F)c(Cl)c2)C(F)(F)F)ccc1C(=O)N(C=O)C1CC(Br)=NO1.Cc1cc(C(=O)CC(O)(c2cc(Cl)c(F)c(Cl)c2)C(F)(F)F)ccc1C(=O)NC1CC(Br)=NO1.O=C(c1cc(Cl)c(F)c(Cl)c1)C(F)(F)F. The number of oxime groups is 3. The molecule has 0 saturated carbocycles. The molecule has 5 atom stereocenters. The Morgan fingerprint density at radius 2 is 0.821 bits per heavy atom. The number of aryl methyl sites for hydroxylation is 3. The average Bonchev–Trinajstić information content (AvgIpc) is 0.899. The van der Waals surface area contributed by atoms with Gasteiger partial charge in [0.25, 0.3) is 23.5 Å². The second-order valence-electron chi connectivity index (χ2n) is 22.5. The summed E-state index contributed by atoms with van der Waals surface area (Å²) in [6.07, 6.45) is -19.7. The molecule has 3 aliphatic rings. The fourth-order valence-corrected chi connectivity index (χ4v) is 12.1. The van der Waals surface area contributed by atoms with Gasteiger partial charge in [0.05, 0.1) is 62.2 Å². The maximum atomic E-state index is 13.9. The van der Waals surface area contributed by atoms with E-state index in [1.54, 1.807) is 19.1 Å². The second kappa shape index (κ2) is 35.6. The number of aliphatic hydroxyl groups is 2. The van der Waals surface area contributed by atoms with Crippen LogP contribution < -0.4 is 5.32 Å². The third-order valence-electron chi connectivity index (χ3n) is 15.1. The fourth-order valence-electron chi connectivity index (χ4n) is 9.52. The summed E-state index contributed by atoms with van der Waals surface area (Å²) in [5.74, 6) is -9.63. The second-order valence-corrected chi connectivity index (χ2v) is 27.7. The normalized spacial score (nSPS) is 16.4. The van der Waals surface area contributed by atoms with Crippen molar-refractivity contribution in [1.82, 2.24) is 15.1 Å². The van der Waals surface area contributed by atoms with Gasteiger partial charge in [-0.25, -0.2) is 23.0 Å². The van der Waals surface area contributed by atoms with Crippen molar-refractivity contribution in [3.63, 3.8) is 0 Å². The van der Waals surface area contributed by atoms with Gasteiger partial charge in [-0.1, -0.05) is 103 Å². The van der Waals surface area contributed by atoms with Crippen molar-refractivity contribution in [1.29, 1.82) is 0 Å². The predicted octanol–water partition coefficient (Wildman–Crippen LogP) is 17.3. The molecule has 6 aromatic carbocycles. The van der Waals surface area contributed by atoms with Crippen LogP contribution in [0.25, 0.3) is 0 Å². The van der Waals surface area contributed by atoms with Crippen molar-refractivity contribution in [3.8, 4) is 0 Å². The van der Waals surface area contributed by atoms with Crippen LogP contribution in [0.4, 0.5) is 52.7 Å². The van der Waals surface area contributed by atoms with E-state index in [1.807, 2.05) is 0 Å². The lowest BCUT2D eigenvalue weighted by atomic mass is 9.85. The number of rotatable bonds is 18. The van der Waals surface area contributed by atoms with Crippen LogP contribution >= 0.6 is 117 Å². The van der Waals surface area contributed by atoms with Crippen molar-refractivity contribution >= 4 is 185 Å². The van der Waals surface area contributed by atoms with Gasteiger partial charge in [-0.3, -0.25) is 43.2 Å². The van der Waals surface area contributed by atoms with Crippen LogP contribution in [0.2, 0.25) is 30.1 Å². The van der Waals surface area contributed by atoms with Crippen LogP contribution in [0, 0.1) is 38.2 Å². The number of Topliss-reactive ketones (excluding diaryl/α,β-unsaturated/α-hetero) is 4. The van der Waals surface area contributed by atoms with Crippen molar-refractivity contribution in [2.45, 2.75) is 108 Å². The highest BCUT2D eigenvalue weighted by Gasteiger charge is 2.58. The van der Waals surface area contributed by atoms with Crippen molar-refractivity contribution in [2.75, 3.05) is 0 Å². The molecule has 106 heavy (non-hydrogen) atoms. The summed E-state index contributed by atoms with van der Waals surface area (Å²) >= 11 is 42.2. The summed E-state index contributed by atoms with van der Waals surface area (Å²) in [5, 5.41) is 30.2. The average molecular weight is 1810 g/mol. The van der Waals surface area contributed by atoms with Gasteiger partial charge in [-0.15, -0.1) is 0 Å². The quantitative estimate of drug-likeness (QED) is 0.0312. The van der Waals surface area contributed by atoms with Crippen LogP contribution in [-0.4, -0.2) is 125 Å². The minimum Gasteiger partial charge on any atom is -0.376 e. The zero-order valence-electron chi connectivity index (χ0n) is 53.5. The van der Waals surface area contributed by atoms with Gasteiger partial charge in [0.15, 0.2) is 46.0 Å². The van der Waals surface area contributed by atoms with Gasteiger partial charge in [0.2, 0.25) is 31.5 Å². The summed E-state index contributed by atoms with van der Waals surface area (Å²) in [7, 11) is 0. The number of nitrogens with zero attached hydrogens (tertiary/aromatic N) is 5. The number of benzene rings is 6. The molecule has 0 bridgehead atoms. The number of alkyl halides is 9. The highest BCUT2D eigenvalue weighted by molar-refractivity contribution is 9.18. The monoisotopic (exact) mass is 1810 g/mol. The lowest BCUT2D eigenvalue weighted by molar-refractivity contribution is -0.265. The Morgan fingerprint density at radius 1 is 0.500 bits per heavy atom. The number of hydrogen-bond acceptors (Lipinski definition) is 17. The summed E-state index contributed by atoms with van der Waals surface area (Å²) in [4.78, 5) is 125. The molecule has 0 radical (unpaired) electrons. The third-order valence-corrected chi connectivity index (χ3v) is 18.2. The summed E-state index contributed by atoms with van der Waals surface area (Å²) in [5.41, 5.74) is -8.39. The molecule has 3 N–H and O–H groups in total. The molecule has 5 unspecified atom stereocenters. The minimum atomic E-state index is -5.36. The topological polar surface area (TPSA) is 277 Å². The zero-order valence-corrected chi connectivity index (χ0v) is 62.8. The van der Waals surface area contributed by atoms with E-state index in [-0.39, 0.29) is 46.4 Å². The number of halogens is 21. The van der Waals surface area contributed by atoms with Crippen LogP contribution in [0.5, 0.6) is 0 Å². The van der Waals surface area contributed by atoms with Gasteiger partial charge >= 0.3 is 18.5 Å². The summed E-state index contributed by atoms with van der Waals surface area (Å²) in [6.45, 7) is 6.06. The van der Waals surface area contributed by atoms with E-state index < -0.39 is 161 Å². The Hall–Kier alpha value is -7.58. The van der Waals surface area contributed by atoms with Crippen molar-refractivity contribution in [3.05, 3.63) is 205 Å². The lowest BCUT2D eigenvalue weighted by Crippen LogP contribution is -2.44. The maximum Gasteiger partial charge on any atom is 0.454 e. The van der Waals surface area contributed by atoms with Crippen LogP contribution in [0.3, 0.4) is 0 Å². The zero-order chi connectivity index (χ0) is 79.8. The molecule has 5 amide bonds. The fraction of sp³-hybridized carbons (Fsp3) is 0.262. The van der Waals surface area contributed by atoms with Crippen molar-refractivity contribution in [2.24, 2.45) is 15.5 Å². The van der Waals surface area contributed by atoms with Crippen molar-refractivity contribution < 1.29 is 121 Å². The lowest BCUT2D eigenvalue weighted by Gasteiger charge is -2.31. The van der Waals surface area contributed by atoms with E-state index in [4.69, 9.17) is 84.1 Å². The van der Waals surface area contributed by atoms with Gasteiger partial charge < -0.3 is 30.0 Å². The first-order chi connectivity index (χ1) is 49.1. The number of nitrogens with one attached hydrogen (secondary N) is 1. The van der Waals surface area contributed by atoms with E-state index >= 15 is 0 Å². The molecule has 0 aromatic heterocycles. The van der Waals surface area contributed by atoms with Crippen LogP contribution in [0.1, 0.15) is 139 Å². The molecule has 20 nitrogen and oxygen atoms in total. The van der Waals surface area contributed by atoms with Gasteiger partial charge in [0.1, 0.15) is 13.9 Å². The van der Waals surface area contributed by atoms with E-state index in [0.29, 0.717) is 91.8 Å². The Bertz CT molecular complexity index is 4550. The molecular weight excluding hydrogens is 1770 g/mol. The number of carbonyl (C=O) groups is 9. The summed E-state index contributed by atoms with van der Waals surface area (Å²) in [6, 6.07) is 15.1. The van der Waals surface area contributed by atoms with E-state index in [0.717, 1.165) is 34.1 Å². The molecule has 41 heteroatoms. The maximum absolute atomic E-state index is 13.9. The Morgan fingerprint density at radius 3 is 1.11 bits per heavy atom. The van der Waals surface area contributed by atoms with E-state index in [1.165, 1.54) is 39.0 Å². The van der Waals surface area contributed by atoms with E-state index in [2.05, 4.69) is 68.6 Å². The largest absolute Gasteiger partial charge is 0.454 e. The van der Waals surface area contributed by atoms with Crippen LogP contribution in [0.15, 0.2) is 106 Å². The molecule has 6 aromatic rings. The molecule has 9 rings (SSSR count). The third kappa shape index (κ3) is 21.0. The molecule has 566 valence electrons. The van der Waals surface area contributed by atoms with E-state index in [9.17, 15) is 106 Å². The first-order valence-electron chi connectivity index (χ1n) is 29.1.